The average Bonchev–Trinajstić information content (AvgIpc) is 2.17. The van der Waals surface area contributed by atoms with Gasteiger partial charge in [-0.2, -0.15) is 0 Å². The van der Waals surface area contributed by atoms with Crippen LogP contribution in [0.4, 0.5) is 0 Å². The fourth-order valence-electron chi connectivity index (χ4n) is 0.854. The van der Waals surface area contributed by atoms with Gasteiger partial charge in [-0.05, 0) is 22.6 Å². The van der Waals surface area contributed by atoms with E-state index in [0.29, 0.717) is 0 Å². The zero-order chi connectivity index (χ0) is 7.72. The first-order chi connectivity index (χ1) is 4.66. The number of aliphatic hydroxyl groups is 3. The summed E-state index contributed by atoms with van der Waals surface area (Å²) in [5.41, 5.74) is 0. The van der Waals surface area contributed by atoms with Gasteiger partial charge >= 0.3 is 0 Å². The quantitative estimate of drug-likeness (QED) is 0.412. The van der Waals surface area contributed by atoms with Gasteiger partial charge < -0.3 is 20.1 Å². The minimum absolute atomic E-state index is 0.252. The maximum atomic E-state index is 9.09. The van der Waals surface area contributed by atoms with Crippen molar-refractivity contribution in [3.63, 3.8) is 0 Å². The molecule has 4 atom stereocenters. The molecular weight excluding hydrogens is 251 g/mol. The van der Waals surface area contributed by atoms with E-state index in [9.17, 15) is 0 Å². The number of alkyl halides is 1. The van der Waals surface area contributed by atoms with Crippen molar-refractivity contribution < 1.29 is 20.1 Å². The van der Waals surface area contributed by atoms with E-state index in [1.54, 1.807) is 0 Å². The molecule has 1 aliphatic rings. The second-order valence-corrected chi connectivity index (χ2v) is 3.42. The number of ether oxygens (including phenoxy) is 1. The van der Waals surface area contributed by atoms with Gasteiger partial charge in [0.15, 0.2) is 0 Å². The lowest BCUT2D eigenvalue weighted by molar-refractivity contribution is -0.00699. The lowest BCUT2D eigenvalue weighted by Crippen LogP contribution is -2.32. The van der Waals surface area contributed by atoms with Crippen molar-refractivity contribution in [3.05, 3.63) is 0 Å². The number of halogens is 1. The highest BCUT2D eigenvalue weighted by atomic mass is 127. The minimum Gasteiger partial charge on any atom is -0.394 e. The van der Waals surface area contributed by atoms with Gasteiger partial charge in [-0.1, -0.05) is 0 Å². The molecule has 0 radical (unpaired) electrons. The van der Waals surface area contributed by atoms with E-state index in [-0.39, 0.29) is 6.61 Å². The minimum atomic E-state index is -0.952. The maximum Gasteiger partial charge on any atom is 0.137 e. The van der Waals surface area contributed by atoms with Crippen LogP contribution < -0.4 is 0 Å². The predicted molar refractivity (Wildman–Crippen MR) is 41.8 cm³/mol. The monoisotopic (exact) mass is 260 g/mol. The van der Waals surface area contributed by atoms with Crippen molar-refractivity contribution in [2.24, 2.45) is 0 Å². The molecule has 0 aromatic rings. The topological polar surface area (TPSA) is 69.9 Å². The Morgan fingerprint density at radius 2 is 1.90 bits per heavy atom. The molecule has 0 aromatic heterocycles. The molecule has 10 heavy (non-hydrogen) atoms. The first-order valence-corrected chi connectivity index (χ1v) is 4.18. The van der Waals surface area contributed by atoms with Crippen LogP contribution >= 0.6 is 22.6 Å². The molecule has 0 saturated carbocycles. The molecule has 60 valence electrons. The van der Waals surface area contributed by atoms with E-state index >= 15 is 0 Å². The van der Waals surface area contributed by atoms with Crippen molar-refractivity contribution in [1.29, 1.82) is 0 Å². The van der Waals surface area contributed by atoms with E-state index in [1.165, 1.54) is 0 Å². The van der Waals surface area contributed by atoms with E-state index in [4.69, 9.17) is 20.1 Å². The Morgan fingerprint density at radius 1 is 1.30 bits per heavy atom. The Hall–Kier alpha value is 0.570. The van der Waals surface area contributed by atoms with Crippen LogP contribution in [0.2, 0.25) is 0 Å². The van der Waals surface area contributed by atoms with Crippen LogP contribution in [0.1, 0.15) is 0 Å². The molecule has 0 amide bonds. The highest BCUT2D eigenvalue weighted by Crippen LogP contribution is 2.24. The van der Waals surface area contributed by atoms with Crippen LogP contribution in [0, 0.1) is 0 Å². The van der Waals surface area contributed by atoms with Crippen LogP contribution in [-0.2, 0) is 4.74 Å². The van der Waals surface area contributed by atoms with Crippen LogP contribution in [0.25, 0.3) is 0 Å². The van der Waals surface area contributed by atoms with Crippen molar-refractivity contribution in [3.8, 4) is 0 Å². The van der Waals surface area contributed by atoms with Crippen molar-refractivity contribution in [2.45, 2.75) is 22.4 Å². The summed E-state index contributed by atoms with van der Waals surface area (Å²) in [6.45, 7) is -0.252. The Labute approximate surface area is 72.0 Å². The third-order valence-electron chi connectivity index (χ3n) is 1.48. The normalized spacial score (nSPS) is 48.0. The summed E-state index contributed by atoms with van der Waals surface area (Å²) in [5, 5.41) is 26.7. The third kappa shape index (κ3) is 1.42. The Bertz CT molecular complexity index is 120. The van der Waals surface area contributed by atoms with Gasteiger partial charge in [-0.15, -0.1) is 0 Å². The summed E-state index contributed by atoms with van der Waals surface area (Å²) in [6.07, 6.45) is -2.46. The Kier molecular flexibility index (Phi) is 2.87. The number of hydrogen-bond donors (Lipinski definition) is 3. The van der Waals surface area contributed by atoms with E-state index in [1.807, 2.05) is 22.6 Å². The molecule has 1 heterocycles. The van der Waals surface area contributed by atoms with Crippen molar-refractivity contribution in [1.82, 2.24) is 0 Å². The van der Waals surface area contributed by atoms with Crippen molar-refractivity contribution >= 4 is 22.6 Å². The summed E-state index contributed by atoms with van der Waals surface area (Å²) < 4.78 is 4.56. The predicted octanol–water partition coefficient (Wildman–Crippen LogP) is -1.14. The Morgan fingerprint density at radius 3 is 2.10 bits per heavy atom. The van der Waals surface area contributed by atoms with Crippen molar-refractivity contribution in [2.75, 3.05) is 6.61 Å². The maximum absolute atomic E-state index is 9.09. The molecule has 1 fully saturated rings. The molecular formula is C5H9IO4. The summed E-state index contributed by atoms with van der Waals surface area (Å²) >= 11 is 1.87. The molecule has 5 heteroatoms. The molecule has 1 rings (SSSR count). The van der Waals surface area contributed by atoms with Gasteiger partial charge in [-0.3, -0.25) is 0 Å². The first-order valence-electron chi connectivity index (χ1n) is 2.93. The van der Waals surface area contributed by atoms with Gasteiger partial charge in [0.2, 0.25) is 0 Å². The number of aliphatic hydroxyl groups excluding tert-OH is 3. The fraction of sp³-hybridized carbons (Fsp3) is 1.00. The number of rotatable bonds is 1. The lowest BCUT2D eigenvalue weighted by Gasteiger charge is -2.09. The largest absolute Gasteiger partial charge is 0.394 e. The standard InChI is InChI=1S/C5H9IO4/c6-5-4(9)3(8)2(1-7)10-5/h2-5,7-9H,1H2/t2?,3-,4-,5?/m1/s1. The molecule has 0 aliphatic carbocycles. The fourth-order valence-corrected chi connectivity index (χ4v) is 1.66. The van der Waals surface area contributed by atoms with E-state index < -0.39 is 22.4 Å². The second kappa shape index (κ2) is 3.31. The zero-order valence-corrected chi connectivity index (χ0v) is 7.30. The lowest BCUT2D eigenvalue weighted by atomic mass is 10.2. The SMILES string of the molecule is OCC1OC(I)[C@H](O)[C@@H]1O. The molecule has 4 nitrogen and oxygen atoms in total. The molecule has 2 unspecified atom stereocenters. The van der Waals surface area contributed by atoms with Crippen LogP contribution in [-0.4, -0.2) is 44.3 Å². The summed E-state index contributed by atoms with van der Waals surface area (Å²) in [4.78, 5) is 0. The zero-order valence-electron chi connectivity index (χ0n) is 5.14. The second-order valence-electron chi connectivity index (χ2n) is 2.19. The summed E-state index contributed by atoms with van der Waals surface area (Å²) in [5.74, 6) is 0. The van der Waals surface area contributed by atoms with Gasteiger partial charge in [0, 0.05) is 0 Å². The van der Waals surface area contributed by atoms with E-state index in [2.05, 4.69) is 0 Å². The first kappa shape index (κ1) is 8.66. The van der Waals surface area contributed by atoms with Gasteiger partial charge in [0.05, 0.1) is 6.61 Å². The smallest absolute Gasteiger partial charge is 0.137 e. The molecule has 0 aromatic carbocycles. The summed E-state index contributed by atoms with van der Waals surface area (Å²) in [6, 6.07) is 0. The third-order valence-corrected chi connectivity index (χ3v) is 2.51. The van der Waals surface area contributed by atoms with Crippen LogP contribution in [0.15, 0.2) is 0 Å². The molecule has 0 bridgehead atoms. The Balaban J connectivity index is 2.53. The molecule has 0 spiro atoms. The van der Waals surface area contributed by atoms with Crippen LogP contribution in [0.5, 0.6) is 0 Å². The van der Waals surface area contributed by atoms with Crippen LogP contribution in [0.3, 0.4) is 0 Å². The molecule has 1 saturated heterocycles. The van der Waals surface area contributed by atoms with Gasteiger partial charge in [0.25, 0.3) is 0 Å². The highest BCUT2D eigenvalue weighted by Gasteiger charge is 2.40. The number of hydrogen-bond acceptors (Lipinski definition) is 4. The van der Waals surface area contributed by atoms with E-state index in [0.717, 1.165) is 0 Å². The molecule has 3 N–H and O–H groups in total. The van der Waals surface area contributed by atoms with Gasteiger partial charge in [-0.25, -0.2) is 0 Å². The molecule has 1 aliphatic heterocycles. The highest BCUT2D eigenvalue weighted by molar-refractivity contribution is 14.1. The average molecular weight is 260 g/mol. The summed E-state index contributed by atoms with van der Waals surface area (Å²) in [7, 11) is 0. The van der Waals surface area contributed by atoms with Gasteiger partial charge in [0.1, 0.15) is 22.4 Å².